The second-order valence-corrected chi connectivity index (χ2v) is 5.84. The van der Waals surface area contributed by atoms with Gasteiger partial charge >= 0.3 is 12.4 Å². The SMILES string of the molecule is CC(O)=C(C=Nc1cc(C(F)(F)F)cc(C(F)(F)F)c1)C(=O)Nc1ccccc1. The molecule has 0 aliphatic carbocycles. The zero-order valence-electron chi connectivity index (χ0n) is 14.8. The van der Waals surface area contributed by atoms with E-state index in [0.29, 0.717) is 24.0 Å². The number of anilines is 1. The monoisotopic (exact) mass is 416 g/mol. The second-order valence-electron chi connectivity index (χ2n) is 5.84. The highest BCUT2D eigenvalue weighted by Crippen LogP contribution is 2.38. The van der Waals surface area contributed by atoms with Crippen LogP contribution < -0.4 is 5.32 Å². The van der Waals surface area contributed by atoms with Crippen LogP contribution in [0.25, 0.3) is 0 Å². The lowest BCUT2D eigenvalue weighted by atomic mass is 10.1. The Bertz CT molecular complexity index is 911. The minimum atomic E-state index is -5.03. The van der Waals surface area contributed by atoms with Gasteiger partial charge in [-0.15, -0.1) is 0 Å². The van der Waals surface area contributed by atoms with Gasteiger partial charge in [0.1, 0.15) is 5.76 Å². The first-order chi connectivity index (χ1) is 13.4. The summed E-state index contributed by atoms with van der Waals surface area (Å²) in [6.07, 6.45) is -9.35. The quantitative estimate of drug-likeness (QED) is 0.282. The minimum absolute atomic E-state index is 0.0326. The Morgan fingerprint density at radius 1 is 0.966 bits per heavy atom. The Balaban J connectivity index is 2.39. The van der Waals surface area contributed by atoms with E-state index in [2.05, 4.69) is 10.3 Å². The molecule has 0 aliphatic rings. The second kappa shape index (κ2) is 8.38. The van der Waals surface area contributed by atoms with E-state index in [1.54, 1.807) is 30.3 Å². The fraction of sp³-hybridized carbons (Fsp3) is 0.158. The van der Waals surface area contributed by atoms with Crippen molar-refractivity contribution in [2.24, 2.45) is 4.99 Å². The van der Waals surface area contributed by atoms with Crippen LogP contribution in [0, 0.1) is 0 Å². The van der Waals surface area contributed by atoms with E-state index in [0.717, 1.165) is 6.92 Å². The Hall–Kier alpha value is -3.30. The van der Waals surface area contributed by atoms with Gasteiger partial charge in [-0.2, -0.15) is 26.3 Å². The van der Waals surface area contributed by atoms with Crippen LogP contribution in [0.2, 0.25) is 0 Å². The lowest BCUT2D eigenvalue weighted by molar-refractivity contribution is -0.143. The number of carbonyl (C=O) groups excluding carboxylic acids is 1. The molecule has 0 atom stereocenters. The summed E-state index contributed by atoms with van der Waals surface area (Å²) in [6.45, 7) is 1.12. The summed E-state index contributed by atoms with van der Waals surface area (Å²) in [6, 6.07) is 8.81. The molecule has 0 aromatic heterocycles. The molecule has 2 N–H and O–H groups in total. The Morgan fingerprint density at radius 3 is 1.93 bits per heavy atom. The van der Waals surface area contributed by atoms with E-state index in [-0.39, 0.29) is 6.07 Å². The van der Waals surface area contributed by atoms with Crippen molar-refractivity contribution in [2.45, 2.75) is 19.3 Å². The van der Waals surface area contributed by atoms with Crippen molar-refractivity contribution >= 4 is 23.5 Å². The number of halogens is 6. The number of alkyl halides is 6. The molecule has 0 saturated heterocycles. The largest absolute Gasteiger partial charge is 0.512 e. The number of nitrogens with one attached hydrogen (secondary N) is 1. The maximum Gasteiger partial charge on any atom is 0.416 e. The Kier molecular flexibility index (Phi) is 6.35. The highest BCUT2D eigenvalue weighted by molar-refractivity contribution is 6.18. The summed E-state index contributed by atoms with van der Waals surface area (Å²) in [5.74, 6) is -1.37. The first-order valence-corrected chi connectivity index (χ1v) is 7.97. The normalized spacial score (nSPS) is 13.3. The zero-order valence-corrected chi connectivity index (χ0v) is 14.8. The third-order valence-electron chi connectivity index (χ3n) is 3.58. The van der Waals surface area contributed by atoms with Gasteiger partial charge in [0.2, 0.25) is 0 Å². The van der Waals surface area contributed by atoms with Gasteiger partial charge in [0.25, 0.3) is 5.91 Å². The van der Waals surface area contributed by atoms with Gasteiger partial charge in [-0.1, -0.05) is 18.2 Å². The number of allylic oxidation sites excluding steroid dienone is 1. The zero-order chi connectivity index (χ0) is 21.8. The van der Waals surface area contributed by atoms with Crippen LogP contribution in [0.1, 0.15) is 18.1 Å². The molecule has 0 unspecified atom stereocenters. The number of aliphatic hydroxyl groups is 1. The molecule has 154 valence electrons. The number of hydrogen-bond donors (Lipinski definition) is 2. The molecule has 0 bridgehead atoms. The maximum atomic E-state index is 12.9. The highest BCUT2D eigenvalue weighted by Gasteiger charge is 2.36. The van der Waals surface area contributed by atoms with E-state index < -0.39 is 46.4 Å². The average Bonchev–Trinajstić information content (AvgIpc) is 2.60. The first kappa shape index (κ1) is 22.0. The third-order valence-corrected chi connectivity index (χ3v) is 3.58. The van der Waals surface area contributed by atoms with Crippen LogP contribution in [0.15, 0.2) is 64.9 Å². The van der Waals surface area contributed by atoms with Crippen LogP contribution in [-0.4, -0.2) is 17.2 Å². The predicted molar refractivity (Wildman–Crippen MR) is 95.0 cm³/mol. The lowest BCUT2D eigenvalue weighted by Crippen LogP contribution is -2.16. The van der Waals surface area contributed by atoms with Gasteiger partial charge in [-0.25, -0.2) is 0 Å². The lowest BCUT2D eigenvalue weighted by Gasteiger charge is -2.12. The van der Waals surface area contributed by atoms with Crippen molar-refractivity contribution < 1.29 is 36.2 Å². The van der Waals surface area contributed by atoms with Gasteiger partial charge in [-0.3, -0.25) is 9.79 Å². The summed E-state index contributed by atoms with van der Waals surface area (Å²) in [7, 11) is 0. The summed E-state index contributed by atoms with van der Waals surface area (Å²) in [4.78, 5) is 15.8. The molecule has 0 aliphatic heterocycles. The fourth-order valence-electron chi connectivity index (χ4n) is 2.19. The highest BCUT2D eigenvalue weighted by atomic mass is 19.4. The van der Waals surface area contributed by atoms with E-state index in [1.165, 1.54) is 0 Å². The minimum Gasteiger partial charge on any atom is -0.512 e. The summed E-state index contributed by atoms with van der Waals surface area (Å²) in [5.41, 5.74) is -3.83. The Morgan fingerprint density at radius 2 is 1.48 bits per heavy atom. The molecule has 10 heteroatoms. The predicted octanol–water partition coefficient (Wildman–Crippen LogP) is 5.90. The van der Waals surface area contributed by atoms with Crippen molar-refractivity contribution in [3.05, 3.63) is 71.0 Å². The van der Waals surface area contributed by atoms with Crippen LogP contribution in [0.5, 0.6) is 0 Å². The van der Waals surface area contributed by atoms with Crippen molar-refractivity contribution in [1.29, 1.82) is 0 Å². The average molecular weight is 416 g/mol. The van der Waals surface area contributed by atoms with Gasteiger partial charge in [0.05, 0.1) is 22.4 Å². The molecule has 2 aromatic rings. The fourth-order valence-corrected chi connectivity index (χ4v) is 2.19. The molecular formula is C19H14F6N2O2. The number of carbonyl (C=O) groups is 1. The van der Waals surface area contributed by atoms with E-state index in [4.69, 9.17) is 0 Å². The number of benzene rings is 2. The molecule has 1 amide bonds. The van der Waals surface area contributed by atoms with Gasteiger partial charge in [0, 0.05) is 11.9 Å². The van der Waals surface area contributed by atoms with Crippen molar-refractivity contribution in [3.8, 4) is 0 Å². The van der Waals surface area contributed by atoms with Crippen molar-refractivity contribution in [1.82, 2.24) is 0 Å². The molecule has 29 heavy (non-hydrogen) atoms. The van der Waals surface area contributed by atoms with Crippen LogP contribution in [-0.2, 0) is 17.1 Å². The summed E-state index contributed by atoms with van der Waals surface area (Å²) < 4.78 is 77.4. The third kappa shape index (κ3) is 6.09. The van der Waals surface area contributed by atoms with Crippen LogP contribution in [0.3, 0.4) is 0 Å². The van der Waals surface area contributed by atoms with Gasteiger partial charge in [0.15, 0.2) is 0 Å². The Labute approximate surface area is 161 Å². The smallest absolute Gasteiger partial charge is 0.416 e. The molecule has 0 spiro atoms. The van der Waals surface area contributed by atoms with Crippen LogP contribution in [0.4, 0.5) is 37.7 Å². The molecular weight excluding hydrogens is 402 g/mol. The van der Waals surface area contributed by atoms with E-state index in [1.807, 2.05) is 0 Å². The number of amides is 1. The number of aliphatic hydroxyl groups excluding tert-OH is 1. The van der Waals surface area contributed by atoms with Gasteiger partial charge < -0.3 is 10.4 Å². The first-order valence-electron chi connectivity index (χ1n) is 7.97. The molecule has 0 radical (unpaired) electrons. The molecule has 0 saturated carbocycles. The topological polar surface area (TPSA) is 61.7 Å². The molecule has 0 fully saturated rings. The number of hydrogen-bond acceptors (Lipinski definition) is 3. The number of aliphatic imine (C=N–C) groups is 1. The van der Waals surface area contributed by atoms with Gasteiger partial charge in [-0.05, 0) is 37.3 Å². The van der Waals surface area contributed by atoms with Crippen LogP contribution >= 0.6 is 0 Å². The number of nitrogens with zero attached hydrogens (tertiary/aromatic N) is 1. The molecule has 2 rings (SSSR count). The molecule has 4 nitrogen and oxygen atoms in total. The standard InChI is InChI=1S/C19H14F6N2O2/c1-11(28)16(17(29)27-14-5-3-2-4-6-14)10-26-15-8-12(18(20,21)22)7-13(9-15)19(23,24)25/h2-10,28H,1H3,(H,27,29). The summed E-state index contributed by atoms with van der Waals surface area (Å²) >= 11 is 0. The maximum absolute atomic E-state index is 12.9. The van der Waals surface area contributed by atoms with Crippen molar-refractivity contribution in [3.63, 3.8) is 0 Å². The number of para-hydroxylation sites is 1. The molecule has 2 aromatic carbocycles. The number of rotatable bonds is 4. The summed E-state index contributed by atoms with van der Waals surface area (Å²) in [5, 5.41) is 12.1. The van der Waals surface area contributed by atoms with E-state index in [9.17, 15) is 36.2 Å². The molecule has 0 heterocycles. The van der Waals surface area contributed by atoms with Crippen molar-refractivity contribution in [2.75, 3.05) is 5.32 Å². The van der Waals surface area contributed by atoms with E-state index >= 15 is 0 Å².